The lowest BCUT2D eigenvalue weighted by atomic mass is 10.1. The van der Waals surface area contributed by atoms with E-state index in [0.717, 1.165) is 6.07 Å². The van der Waals surface area contributed by atoms with Crippen molar-refractivity contribution in [2.24, 2.45) is 0 Å². The molecule has 1 aromatic carbocycles. The summed E-state index contributed by atoms with van der Waals surface area (Å²) in [6, 6.07) is 2.14. The van der Waals surface area contributed by atoms with Gasteiger partial charge in [-0.1, -0.05) is 11.6 Å². The van der Waals surface area contributed by atoms with Crippen LogP contribution in [0.2, 0.25) is 5.02 Å². The Kier molecular flexibility index (Phi) is 5.09. The van der Waals surface area contributed by atoms with Crippen molar-refractivity contribution in [1.82, 2.24) is 0 Å². The van der Waals surface area contributed by atoms with E-state index in [1.807, 2.05) is 0 Å². The van der Waals surface area contributed by atoms with E-state index in [-0.39, 0.29) is 23.8 Å². The number of carbonyl (C=O) groups is 2. The predicted octanol–water partition coefficient (Wildman–Crippen LogP) is 2.83. The third-order valence-electron chi connectivity index (χ3n) is 2.07. The van der Waals surface area contributed by atoms with Crippen LogP contribution in [-0.2, 0) is 9.47 Å². The highest BCUT2D eigenvalue weighted by Gasteiger charge is 2.23. The smallest absolute Gasteiger partial charge is 0.342 e. The van der Waals surface area contributed by atoms with Gasteiger partial charge in [0.1, 0.15) is 11.4 Å². The minimum Gasteiger partial charge on any atom is -0.462 e. The van der Waals surface area contributed by atoms with E-state index < -0.39 is 23.3 Å². The molecule has 0 N–H and O–H groups in total. The first-order chi connectivity index (χ1) is 8.52. The fourth-order valence-corrected chi connectivity index (χ4v) is 1.62. The van der Waals surface area contributed by atoms with Gasteiger partial charge in [0.2, 0.25) is 0 Å². The van der Waals surface area contributed by atoms with Crippen molar-refractivity contribution in [2.75, 3.05) is 13.2 Å². The first kappa shape index (κ1) is 14.4. The number of carbonyl (C=O) groups excluding carboxylic acids is 2. The van der Waals surface area contributed by atoms with Gasteiger partial charge in [-0.25, -0.2) is 14.0 Å². The molecule has 0 aromatic heterocycles. The van der Waals surface area contributed by atoms with Gasteiger partial charge in [0.15, 0.2) is 0 Å². The number of hydrogen-bond donors (Lipinski definition) is 0. The molecule has 0 saturated heterocycles. The minimum absolute atomic E-state index is 0.0667. The van der Waals surface area contributed by atoms with Crippen LogP contribution in [-0.4, -0.2) is 25.2 Å². The van der Waals surface area contributed by atoms with E-state index in [2.05, 4.69) is 4.74 Å². The Bertz CT molecular complexity index is 473. The summed E-state index contributed by atoms with van der Waals surface area (Å²) in [4.78, 5) is 23.0. The van der Waals surface area contributed by atoms with Crippen LogP contribution < -0.4 is 0 Å². The zero-order chi connectivity index (χ0) is 13.7. The largest absolute Gasteiger partial charge is 0.462 e. The third kappa shape index (κ3) is 2.98. The van der Waals surface area contributed by atoms with E-state index in [9.17, 15) is 14.0 Å². The summed E-state index contributed by atoms with van der Waals surface area (Å²) in [6.45, 7) is 3.44. The lowest BCUT2D eigenvalue weighted by molar-refractivity contribution is 0.0521. The van der Waals surface area contributed by atoms with Gasteiger partial charge in [-0.15, -0.1) is 0 Å². The molecule has 0 aliphatic rings. The summed E-state index contributed by atoms with van der Waals surface area (Å²) < 4.78 is 22.9. The fourth-order valence-electron chi connectivity index (χ4n) is 1.31. The molecule has 1 aromatic rings. The highest BCUT2D eigenvalue weighted by atomic mass is 35.5. The molecule has 0 saturated carbocycles. The number of hydrogen-bond acceptors (Lipinski definition) is 4. The standard InChI is InChI=1S/C12H12ClFO4/c1-3-17-11(15)7-5-6-8(14)9(10(7)13)12(16)18-4-2/h5-6H,3-4H2,1-2H3. The number of halogens is 2. The fraction of sp³-hybridized carbons (Fsp3) is 0.333. The maximum absolute atomic E-state index is 13.5. The monoisotopic (exact) mass is 274 g/mol. The molecule has 0 spiro atoms. The van der Waals surface area contributed by atoms with Gasteiger partial charge in [0, 0.05) is 0 Å². The molecule has 0 amide bonds. The summed E-state index contributed by atoms with van der Waals surface area (Å²) >= 11 is 5.83. The Morgan fingerprint density at radius 2 is 1.72 bits per heavy atom. The maximum atomic E-state index is 13.5. The molecule has 6 heteroatoms. The van der Waals surface area contributed by atoms with E-state index in [1.165, 1.54) is 6.07 Å². The summed E-state index contributed by atoms with van der Waals surface area (Å²) in [5.41, 5.74) is -0.521. The molecule has 18 heavy (non-hydrogen) atoms. The van der Waals surface area contributed by atoms with Crippen molar-refractivity contribution in [3.8, 4) is 0 Å². The molecular formula is C12H12ClFO4. The minimum atomic E-state index is -0.911. The molecule has 0 radical (unpaired) electrons. The Labute approximate surface area is 109 Å². The Balaban J connectivity index is 3.22. The van der Waals surface area contributed by atoms with Crippen molar-refractivity contribution in [1.29, 1.82) is 0 Å². The Morgan fingerprint density at radius 1 is 1.17 bits per heavy atom. The summed E-state index contributed by atoms with van der Waals surface area (Å²) in [5.74, 6) is -2.47. The van der Waals surface area contributed by atoms with Crippen LogP contribution in [0, 0.1) is 5.82 Å². The lowest BCUT2D eigenvalue weighted by Crippen LogP contribution is -2.12. The number of benzene rings is 1. The van der Waals surface area contributed by atoms with Crippen molar-refractivity contribution in [3.05, 3.63) is 34.1 Å². The van der Waals surface area contributed by atoms with Crippen LogP contribution in [0.3, 0.4) is 0 Å². The molecule has 0 fully saturated rings. The highest BCUT2D eigenvalue weighted by Crippen LogP contribution is 2.25. The SMILES string of the molecule is CCOC(=O)c1ccc(F)c(C(=O)OCC)c1Cl. The second-order valence-corrected chi connectivity index (χ2v) is 3.60. The van der Waals surface area contributed by atoms with Crippen LogP contribution in [0.15, 0.2) is 12.1 Å². The van der Waals surface area contributed by atoms with Crippen molar-refractivity contribution < 1.29 is 23.5 Å². The molecule has 0 aliphatic carbocycles. The second kappa shape index (κ2) is 6.35. The topological polar surface area (TPSA) is 52.6 Å². The maximum Gasteiger partial charge on any atom is 0.342 e. The molecule has 98 valence electrons. The third-order valence-corrected chi connectivity index (χ3v) is 2.46. The van der Waals surface area contributed by atoms with E-state index in [0.29, 0.717) is 0 Å². The first-order valence-electron chi connectivity index (χ1n) is 5.35. The second-order valence-electron chi connectivity index (χ2n) is 3.22. The van der Waals surface area contributed by atoms with Gasteiger partial charge < -0.3 is 9.47 Å². The quantitative estimate of drug-likeness (QED) is 0.792. The van der Waals surface area contributed by atoms with Gasteiger partial charge in [-0.05, 0) is 26.0 Å². The molecule has 0 unspecified atom stereocenters. The van der Waals surface area contributed by atoms with E-state index in [1.54, 1.807) is 13.8 Å². The molecule has 0 atom stereocenters. The van der Waals surface area contributed by atoms with Crippen LogP contribution in [0.25, 0.3) is 0 Å². The average Bonchev–Trinajstić information content (AvgIpc) is 2.29. The number of rotatable bonds is 4. The van der Waals surface area contributed by atoms with Crippen LogP contribution in [0.5, 0.6) is 0 Å². The predicted molar refractivity (Wildman–Crippen MR) is 63.3 cm³/mol. The molecule has 0 heterocycles. The van der Waals surface area contributed by atoms with E-state index >= 15 is 0 Å². The molecule has 0 bridgehead atoms. The average molecular weight is 275 g/mol. The number of ether oxygens (including phenoxy) is 2. The molecule has 1 rings (SSSR count). The number of esters is 2. The van der Waals surface area contributed by atoms with Crippen LogP contribution in [0.4, 0.5) is 4.39 Å². The van der Waals surface area contributed by atoms with Crippen LogP contribution in [0.1, 0.15) is 34.6 Å². The first-order valence-corrected chi connectivity index (χ1v) is 5.72. The van der Waals surface area contributed by atoms with Crippen molar-refractivity contribution in [3.63, 3.8) is 0 Å². The van der Waals surface area contributed by atoms with E-state index in [4.69, 9.17) is 16.3 Å². The van der Waals surface area contributed by atoms with Crippen molar-refractivity contribution >= 4 is 23.5 Å². The zero-order valence-corrected chi connectivity index (χ0v) is 10.7. The summed E-state index contributed by atoms with van der Waals surface area (Å²) in [5, 5.41) is -0.299. The molecule has 0 aliphatic heterocycles. The lowest BCUT2D eigenvalue weighted by Gasteiger charge is -2.09. The van der Waals surface area contributed by atoms with Gasteiger partial charge in [0.25, 0.3) is 0 Å². The van der Waals surface area contributed by atoms with Gasteiger partial charge in [-0.3, -0.25) is 0 Å². The molecule has 4 nitrogen and oxygen atoms in total. The zero-order valence-electron chi connectivity index (χ0n) is 9.96. The van der Waals surface area contributed by atoms with Crippen LogP contribution >= 0.6 is 11.6 Å². The molecular weight excluding hydrogens is 263 g/mol. The van der Waals surface area contributed by atoms with Gasteiger partial charge in [0.05, 0.1) is 23.8 Å². The normalized spacial score (nSPS) is 10.0. The summed E-state index contributed by atoms with van der Waals surface area (Å²) in [6.07, 6.45) is 0. The van der Waals surface area contributed by atoms with Crippen molar-refractivity contribution in [2.45, 2.75) is 13.8 Å². The highest BCUT2D eigenvalue weighted by molar-refractivity contribution is 6.36. The van der Waals surface area contributed by atoms with Gasteiger partial charge >= 0.3 is 11.9 Å². The Morgan fingerprint density at radius 3 is 2.28 bits per heavy atom. The Hall–Kier alpha value is -1.62. The van der Waals surface area contributed by atoms with Gasteiger partial charge in [-0.2, -0.15) is 0 Å². The summed E-state index contributed by atoms with van der Waals surface area (Å²) in [7, 11) is 0.